The number of aliphatic imine (C=N–C) groups is 1. The molecule has 1 aliphatic carbocycles. The maximum absolute atomic E-state index is 4.80. The Morgan fingerprint density at radius 3 is 2.25 bits per heavy atom. The molecule has 12 heavy (non-hydrogen) atoms. The Morgan fingerprint density at radius 2 is 1.75 bits per heavy atom. The van der Waals surface area contributed by atoms with Crippen LogP contribution < -0.4 is 0 Å². The molecule has 1 heteroatoms. The van der Waals surface area contributed by atoms with E-state index < -0.39 is 0 Å². The van der Waals surface area contributed by atoms with E-state index in [9.17, 15) is 0 Å². The second-order valence-electron chi connectivity index (χ2n) is 4.40. The highest BCUT2D eigenvalue weighted by molar-refractivity contribution is 5.85. The van der Waals surface area contributed by atoms with E-state index in [-0.39, 0.29) is 5.54 Å². The minimum atomic E-state index is 0.187. The Labute approximate surface area is 76.3 Å². The molecule has 0 aromatic rings. The van der Waals surface area contributed by atoms with Gasteiger partial charge in [-0.1, -0.05) is 13.3 Å². The zero-order chi connectivity index (χ0) is 9.03. The second kappa shape index (κ2) is 4.06. The third kappa shape index (κ3) is 2.96. The summed E-state index contributed by atoms with van der Waals surface area (Å²) in [6.07, 6.45) is 7.78. The average molecular weight is 167 g/mol. The van der Waals surface area contributed by atoms with Crippen molar-refractivity contribution in [3.63, 3.8) is 0 Å². The van der Waals surface area contributed by atoms with Gasteiger partial charge in [0.05, 0.1) is 5.54 Å². The summed E-state index contributed by atoms with van der Waals surface area (Å²) in [6, 6.07) is 0. The first-order valence-electron chi connectivity index (χ1n) is 5.21. The third-order valence-corrected chi connectivity index (χ3v) is 2.76. The van der Waals surface area contributed by atoms with Crippen LogP contribution in [0.4, 0.5) is 0 Å². The van der Waals surface area contributed by atoms with Crippen LogP contribution in [-0.4, -0.2) is 11.3 Å². The van der Waals surface area contributed by atoms with Gasteiger partial charge in [0.2, 0.25) is 0 Å². The molecule has 0 N–H and O–H groups in total. The summed E-state index contributed by atoms with van der Waals surface area (Å²) >= 11 is 0. The van der Waals surface area contributed by atoms with Crippen molar-refractivity contribution in [1.82, 2.24) is 0 Å². The Morgan fingerprint density at radius 1 is 1.17 bits per heavy atom. The smallest absolute Gasteiger partial charge is 0.0548 e. The van der Waals surface area contributed by atoms with E-state index in [2.05, 4.69) is 20.8 Å². The van der Waals surface area contributed by atoms with Crippen LogP contribution >= 0.6 is 0 Å². The molecule has 0 radical (unpaired) electrons. The van der Waals surface area contributed by atoms with Crippen LogP contribution in [0, 0.1) is 0 Å². The number of nitrogens with zero attached hydrogens (tertiary/aromatic N) is 1. The molecule has 0 aliphatic heterocycles. The zero-order valence-electron chi connectivity index (χ0n) is 8.69. The molecule has 0 amide bonds. The van der Waals surface area contributed by atoms with E-state index in [4.69, 9.17) is 4.99 Å². The van der Waals surface area contributed by atoms with E-state index in [1.165, 1.54) is 37.8 Å². The van der Waals surface area contributed by atoms with E-state index in [1.807, 2.05) is 0 Å². The van der Waals surface area contributed by atoms with Crippen molar-refractivity contribution in [2.45, 2.75) is 64.8 Å². The molecule has 1 nitrogen and oxygen atoms in total. The molecule has 70 valence electrons. The molecule has 0 heterocycles. The molecule has 0 aromatic heterocycles. The highest BCUT2D eigenvalue weighted by Crippen LogP contribution is 2.20. The van der Waals surface area contributed by atoms with Gasteiger partial charge in [0.25, 0.3) is 0 Å². The molecular weight excluding hydrogens is 146 g/mol. The molecule has 1 aliphatic rings. The summed E-state index contributed by atoms with van der Waals surface area (Å²) in [7, 11) is 0. The van der Waals surface area contributed by atoms with Crippen LogP contribution in [0.15, 0.2) is 4.99 Å². The van der Waals surface area contributed by atoms with Gasteiger partial charge in [0.15, 0.2) is 0 Å². The van der Waals surface area contributed by atoms with Crippen molar-refractivity contribution in [3.05, 3.63) is 0 Å². The lowest BCUT2D eigenvalue weighted by atomic mass is 9.96. The van der Waals surface area contributed by atoms with Gasteiger partial charge in [-0.05, 0) is 46.0 Å². The monoisotopic (exact) mass is 167 g/mol. The lowest BCUT2D eigenvalue weighted by molar-refractivity contribution is 0.497. The summed E-state index contributed by atoms with van der Waals surface area (Å²) in [5.41, 5.74) is 1.65. The van der Waals surface area contributed by atoms with Crippen molar-refractivity contribution in [3.8, 4) is 0 Å². The molecule has 0 atom stereocenters. The topological polar surface area (TPSA) is 12.4 Å². The average Bonchev–Trinajstić information content (AvgIpc) is 2.06. The molecular formula is C11H21N. The molecule has 0 aromatic carbocycles. The maximum Gasteiger partial charge on any atom is 0.0548 e. The zero-order valence-corrected chi connectivity index (χ0v) is 8.69. The summed E-state index contributed by atoms with van der Waals surface area (Å²) in [6.45, 7) is 6.68. The summed E-state index contributed by atoms with van der Waals surface area (Å²) in [5, 5.41) is 0. The van der Waals surface area contributed by atoms with Crippen molar-refractivity contribution in [2.24, 2.45) is 4.99 Å². The van der Waals surface area contributed by atoms with E-state index >= 15 is 0 Å². The number of rotatable bonds is 2. The van der Waals surface area contributed by atoms with E-state index in [0.29, 0.717) is 0 Å². The lowest BCUT2D eigenvalue weighted by Crippen LogP contribution is -2.19. The summed E-state index contributed by atoms with van der Waals surface area (Å²) < 4.78 is 0. The van der Waals surface area contributed by atoms with E-state index in [1.54, 1.807) is 0 Å². The fourth-order valence-corrected chi connectivity index (χ4v) is 1.58. The van der Waals surface area contributed by atoms with Crippen molar-refractivity contribution in [2.75, 3.05) is 0 Å². The first kappa shape index (κ1) is 9.76. The summed E-state index contributed by atoms with van der Waals surface area (Å²) in [5.74, 6) is 0. The first-order valence-corrected chi connectivity index (χ1v) is 5.21. The minimum absolute atomic E-state index is 0.187. The van der Waals surface area contributed by atoms with Gasteiger partial charge >= 0.3 is 0 Å². The van der Waals surface area contributed by atoms with Crippen LogP contribution in [0.2, 0.25) is 0 Å². The summed E-state index contributed by atoms with van der Waals surface area (Å²) in [4.78, 5) is 4.80. The number of hydrogen-bond acceptors (Lipinski definition) is 1. The van der Waals surface area contributed by atoms with Gasteiger partial charge in [-0.3, -0.25) is 4.99 Å². The fourth-order valence-electron chi connectivity index (χ4n) is 1.58. The van der Waals surface area contributed by atoms with Crippen LogP contribution in [-0.2, 0) is 0 Å². The predicted molar refractivity (Wildman–Crippen MR) is 54.9 cm³/mol. The van der Waals surface area contributed by atoms with Crippen molar-refractivity contribution < 1.29 is 0 Å². The Kier molecular flexibility index (Phi) is 3.30. The molecule has 0 saturated heterocycles. The van der Waals surface area contributed by atoms with Gasteiger partial charge in [0, 0.05) is 5.71 Å². The molecule has 1 saturated carbocycles. The van der Waals surface area contributed by atoms with Crippen LogP contribution in [0.5, 0.6) is 0 Å². The normalized spacial score (nSPS) is 19.4. The van der Waals surface area contributed by atoms with Crippen LogP contribution in [0.25, 0.3) is 0 Å². The molecule has 0 spiro atoms. The van der Waals surface area contributed by atoms with Gasteiger partial charge < -0.3 is 0 Å². The highest BCUT2D eigenvalue weighted by Gasteiger charge is 2.15. The predicted octanol–water partition coefficient (Wildman–Crippen LogP) is 3.58. The quantitative estimate of drug-likeness (QED) is 0.596. The van der Waals surface area contributed by atoms with Crippen molar-refractivity contribution in [1.29, 1.82) is 0 Å². The number of hydrogen-bond donors (Lipinski definition) is 0. The lowest BCUT2D eigenvalue weighted by Gasteiger charge is -2.21. The van der Waals surface area contributed by atoms with Crippen LogP contribution in [0.1, 0.15) is 59.3 Å². The minimum Gasteiger partial charge on any atom is -0.288 e. The SMILES string of the molecule is CCC(C)(C)N=C1CCCCC1. The first-order chi connectivity index (χ1) is 5.64. The molecule has 1 fully saturated rings. The van der Waals surface area contributed by atoms with Crippen molar-refractivity contribution >= 4 is 5.71 Å². The maximum atomic E-state index is 4.80. The highest BCUT2D eigenvalue weighted by atomic mass is 14.8. The Hall–Kier alpha value is -0.330. The third-order valence-electron chi connectivity index (χ3n) is 2.76. The Balaban J connectivity index is 2.53. The van der Waals surface area contributed by atoms with Gasteiger partial charge in [-0.2, -0.15) is 0 Å². The molecule has 0 bridgehead atoms. The van der Waals surface area contributed by atoms with E-state index in [0.717, 1.165) is 6.42 Å². The van der Waals surface area contributed by atoms with Crippen LogP contribution in [0.3, 0.4) is 0 Å². The Bertz CT molecular complexity index is 160. The second-order valence-corrected chi connectivity index (χ2v) is 4.40. The fraction of sp³-hybridized carbons (Fsp3) is 0.909. The standard InChI is InChI=1S/C11H21N/c1-4-11(2,3)12-10-8-6-5-7-9-10/h4-9H2,1-3H3. The van der Waals surface area contributed by atoms with Gasteiger partial charge in [0.1, 0.15) is 0 Å². The van der Waals surface area contributed by atoms with Gasteiger partial charge in [-0.15, -0.1) is 0 Å². The molecule has 0 unspecified atom stereocenters. The molecule has 1 rings (SSSR count). The van der Waals surface area contributed by atoms with Gasteiger partial charge in [-0.25, -0.2) is 0 Å². The largest absolute Gasteiger partial charge is 0.288 e.